The Morgan fingerprint density at radius 2 is 1.76 bits per heavy atom. The summed E-state index contributed by atoms with van der Waals surface area (Å²) in [6.07, 6.45) is 3.07. The van der Waals surface area contributed by atoms with Crippen molar-refractivity contribution in [1.29, 1.82) is 0 Å². The number of rotatable bonds is 1. The van der Waals surface area contributed by atoms with Crippen molar-refractivity contribution in [3.63, 3.8) is 0 Å². The summed E-state index contributed by atoms with van der Waals surface area (Å²) in [6.45, 7) is 0. The van der Waals surface area contributed by atoms with Gasteiger partial charge in [-0.3, -0.25) is 0 Å². The fourth-order valence-corrected chi connectivity index (χ4v) is 1.60. The summed E-state index contributed by atoms with van der Waals surface area (Å²) in [5, 5.41) is 0. The molecule has 0 bridgehead atoms. The molecule has 0 unspecified atom stereocenters. The van der Waals surface area contributed by atoms with Crippen molar-refractivity contribution in [3.05, 3.63) is 42.9 Å². The van der Waals surface area contributed by atoms with Gasteiger partial charge in [-0.2, -0.15) is 0 Å². The van der Waals surface area contributed by atoms with Gasteiger partial charge in [-0.05, 0) is 0 Å². The predicted molar refractivity (Wildman–Crippen MR) is 65.0 cm³/mol. The number of hydrogen-bond donors (Lipinski definition) is 1. The van der Waals surface area contributed by atoms with Crippen LogP contribution in [0.2, 0.25) is 0 Å². The van der Waals surface area contributed by atoms with Crippen LogP contribution in [0.15, 0.2) is 42.9 Å². The minimum absolute atomic E-state index is 0.347. The molecule has 5 heteroatoms. The lowest BCUT2D eigenvalue weighted by molar-refractivity contribution is 1.15. The van der Waals surface area contributed by atoms with Gasteiger partial charge in [-0.25, -0.2) is 19.9 Å². The van der Waals surface area contributed by atoms with E-state index in [0.717, 1.165) is 11.3 Å². The minimum atomic E-state index is 0.347. The van der Waals surface area contributed by atoms with Crippen molar-refractivity contribution < 1.29 is 0 Å². The van der Waals surface area contributed by atoms with Crippen molar-refractivity contribution in [2.24, 2.45) is 0 Å². The molecular weight excluding hydrogens is 214 g/mol. The number of aromatic nitrogens is 4. The van der Waals surface area contributed by atoms with Crippen molar-refractivity contribution in [2.45, 2.75) is 0 Å². The second-order valence-electron chi connectivity index (χ2n) is 3.55. The standard InChI is InChI=1S/C12H9N5/c13-11-10-12(16-7-15-11)14-6-9(17-10)8-4-2-1-3-5-8/h1-7H,(H2,13,14,15,16). The third kappa shape index (κ3) is 1.67. The summed E-state index contributed by atoms with van der Waals surface area (Å²) < 4.78 is 0. The summed E-state index contributed by atoms with van der Waals surface area (Å²) in [5.74, 6) is 0.347. The zero-order chi connectivity index (χ0) is 11.7. The predicted octanol–water partition coefficient (Wildman–Crippen LogP) is 1.67. The molecule has 2 aromatic heterocycles. The molecule has 3 rings (SSSR count). The first kappa shape index (κ1) is 9.65. The monoisotopic (exact) mass is 223 g/mol. The van der Waals surface area contributed by atoms with Gasteiger partial charge in [-0.15, -0.1) is 0 Å². The van der Waals surface area contributed by atoms with Crippen LogP contribution in [0.5, 0.6) is 0 Å². The summed E-state index contributed by atoms with van der Waals surface area (Å²) in [7, 11) is 0. The Morgan fingerprint density at radius 1 is 0.941 bits per heavy atom. The number of anilines is 1. The van der Waals surface area contributed by atoms with Crippen molar-refractivity contribution in [2.75, 3.05) is 5.73 Å². The Balaban J connectivity index is 2.23. The first-order valence-corrected chi connectivity index (χ1v) is 5.13. The van der Waals surface area contributed by atoms with Gasteiger partial charge in [0.15, 0.2) is 17.0 Å². The van der Waals surface area contributed by atoms with Gasteiger partial charge in [0.1, 0.15) is 6.33 Å². The molecule has 2 N–H and O–H groups in total. The highest BCUT2D eigenvalue weighted by molar-refractivity contribution is 5.82. The molecule has 17 heavy (non-hydrogen) atoms. The average Bonchev–Trinajstić information content (AvgIpc) is 2.40. The highest BCUT2D eigenvalue weighted by Crippen LogP contribution is 2.19. The molecule has 0 spiro atoms. The highest BCUT2D eigenvalue weighted by Gasteiger charge is 2.05. The maximum absolute atomic E-state index is 5.75. The third-order valence-corrected chi connectivity index (χ3v) is 2.44. The van der Waals surface area contributed by atoms with Gasteiger partial charge in [-0.1, -0.05) is 30.3 Å². The van der Waals surface area contributed by atoms with Crippen LogP contribution < -0.4 is 5.73 Å². The van der Waals surface area contributed by atoms with E-state index >= 15 is 0 Å². The van der Waals surface area contributed by atoms with Crippen LogP contribution in [0.3, 0.4) is 0 Å². The van der Waals surface area contributed by atoms with Crippen LogP contribution in [-0.2, 0) is 0 Å². The molecule has 2 heterocycles. The van der Waals surface area contributed by atoms with E-state index in [-0.39, 0.29) is 0 Å². The van der Waals surface area contributed by atoms with Crippen LogP contribution in [0.4, 0.5) is 5.82 Å². The topological polar surface area (TPSA) is 77.6 Å². The Morgan fingerprint density at radius 3 is 2.59 bits per heavy atom. The molecule has 0 saturated carbocycles. The minimum Gasteiger partial charge on any atom is -0.382 e. The molecule has 0 radical (unpaired) electrons. The van der Waals surface area contributed by atoms with Gasteiger partial charge in [0.05, 0.1) is 11.9 Å². The fourth-order valence-electron chi connectivity index (χ4n) is 1.60. The van der Waals surface area contributed by atoms with E-state index < -0.39 is 0 Å². The van der Waals surface area contributed by atoms with Crippen LogP contribution in [0.1, 0.15) is 0 Å². The van der Waals surface area contributed by atoms with Crippen LogP contribution in [-0.4, -0.2) is 19.9 Å². The second-order valence-corrected chi connectivity index (χ2v) is 3.55. The summed E-state index contributed by atoms with van der Waals surface area (Å²) in [4.78, 5) is 16.6. The largest absolute Gasteiger partial charge is 0.382 e. The molecular formula is C12H9N5. The molecule has 0 aliphatic heterocycles. The Labute approximate surface area is 97.4 Å². The molecule has 82 valence electrons. The van der Waals surface area contributed by atoms with E-state index in [1.165, 1.54) is 6.33 Å². The first-order chi connectivity index (χ1) is 8.34. The highest BCUT2D eigenvalue weighted by atomic mass is 15.0. The fraction of sp³-hybridized carbons (Fsp3) is 0. The lowest BCUT2D eigenvalue weighted by Crippen LogP contribution is -1.98. The van der Waals surface area contributed by atoms with Crippen molar-refractivity contribution in [1.82, 2.24) is 19.9 Å². The quantitative estimate of drug-likeness (QED) is 0.679. The van der Waals surface area contributed by atoms with E-state index in [1.54, 1.807) is 6.20 Å². The summed E-state index contributed by atoms with van der Waals surface area (Å²) in [6, 6.07) is 9.79. The number of nitrogen functional groups attached to an aromatic ring is 1. The normalized spacial score (nSPS) is 10.6. The van der Waals surface area contributed by atoms with Gasteiger partial charge in [0.25, 0.3) is 0 Å². The van der Waals surface area contributed by atoms with Crippen molar-refractivity contribution >= 4 is 17.0 Å². The number of nitrogens with zero attached hydrogens (tertiary/aromatic N) is 4. The molecule has 3 aromatic rings. The molecule has 0 saturated heterocycles. The number of nitrogens with two attached hydrogens (primary N) is 1. The molecule has 0 atom stereocenters. The van der Waals surface area contributed by atoms with E-state index in [4.69, 9.17) is 5.73 Å². The number of hydrogen-bond acceptors (Lipinski definition) is 5. The molecule has 0 amide bonds. The van der Waals surface area contributed by atoms with Crippen LogP contribution in [0, 0.1) is 0 Å². The molecule has 0 aliphatic rings. The Bertz CT molecular complexity index is 666. The molecule has 1 aromatic carbocycles. The zero-order valence-corrected chi connectivity index (χ0v) is 8.91. The number of fused-ring (bicyclic) bond motifs is 1. The van der Waals surface area contributed by atoms with Gasteiger partial charge >= 0.3 is 0 Å². The van der Waals surface area contributed by atoms with E-state index in [2.05, 4.69) is 19.9 Å². The van der Waals surface area contributed by atoms with Crippen LogP contribution >= 0.6 is 0 Å². The van der Waals surface area contributed by atoms with Gasteiger partial charge < -0.3 is 5.73 Å². The Hall–Kier alpha value is -2.56. The first-order valence-electron chi connectivity index (χ1n) is 5.13. The molecule has 0 aliphatic carbocycles. The average molecular weight is 223 g/mol. The second kappa shape index (κ2) is 3.79. The smallest absolute Gasteiger partial charge is 0.183 e. The SMILES string of the molecule is Nc1ncnc2ncc(-c3ccccc3)nc12. The summed E-state index contributed by atoms with van der Waals surface area (Å²) in [5.41, 5.74) is 8.55. The van der Waals surface area contributed by atoms with E-state index in [9.17, 15) is 0 Å². The third-order valence-electron chi connectivity index (χ3n) is 2.44. The van der Waals surface area contributed by atoms with Crippen molar-refractivity contribution in [3.8, 4) is 11.3 Å². The Kier molecular flexibility index (Phi) is 2.15. The molecule has 5 nitrogen and oxygen atoms in total. The number of benzene rings is 1. The lowest BCUT2D eigenvalue weighted by Gasteiger charge is -2.02. The van der Waals surface area contributed by atoms with E-state index in [1.807, 2.05) is 30.3 Å². The maximum atomic E-state index is 5.75. The van der Waals surface area contributed by atoms with Crippen LogP contribution in [0.25, 0.3) is 22.4 Å². The lowest BCUT2D eigenvalue weighted by atomic mass is 10.2. The zero-order valence-electron chi connectivity index (χ0n) is 8.91. The van der Waals surface area contributed by atoms with Gasteiger partial charge in [0, 0.05) is 5.56 Å². The summed E-state index contributed by atoms with van der Waals surface area (Å²) >= 11 is 0. The molecule has 0 fully saturated rings. The van der Waals surface area contributed by atoms with Gasteiger partial charge in [0.2, 0.25) is 0 Å². The maximum Gasteiger partial charge on any atom is 0.183 e. The van der Waals surface area contributed by atoms with E-state index in [0.29, 0.717) is 17.0 Å².